The van der Waals surface area contributed by atoms with Crippen molar-refractivity contribution in [3.05, 3.63) is 117 Å². The van der Waals surface area contributed by atoms with Crippen molar-refractivity contribution in [3.63, 3.8) is 0 Å². The molecule has 248 valence electrons. The molecule has 0 fully saturated rings. The van der Waals surface area contributed by atoms with E-state index in [1.54, 1.807) is 0 Å². The summed E-state index contributed by atoms with van der Waals surface area (Å²) < 4.78 is 2.13. The predicted octanol–water partition coefficient (Wildman–Crippen LogP) is 9.86. The average Bonchev–Trinajstić information content (AvgIpc) is 3.63. The fourth-order valence-electron chi connectivity index (χ4n) is 7.45. The van der Waals surface area contributed by atoms with Gasteiger partial charge in [-0.2, -0.15) is 5.10 Å². The van der Waals surface area contributed by atoms with Crippen LogP contribution >= 0.6 is 11.8 Å². The first-order valence-electron chi connectivity index (χ1n) is 17.3. The Balaban J connectivity index is 0.00000213. The molecule has 1 unspecified atom stereocenters. The third-order valence-electron chi connectivity index (χ3n) is 9.70. The maximum atomic E-state index is 12.6. The van der Waals surface area contributed by atoms with E-state index < -0.39 is 0 Å². The highest BCUT2D eigenvalue weighted by atomic mass is 32.2. The van der Waals surface area contributed by atoms with Crippen LogP contribution in [0, 0.1) is 12.8 Å². The summed E-state index contributed by atoms with van der Waals surface area (Å²) in [7, 11) is 6.30. The Morgan fingerprint density at radius 3 is 2.64 bits per heavy atom. The molecule has 8 bridgehead atoms. The van der Waals surface area contributed by atoms with E-state index in [0.717, 1.165) is 90.9 Å². The van der Waals surface area contributed by atoms with Gasteiger partial charge in [0, 0.05) is 66.5 Å². The van der Waals surface area contributed by atoms with Crippen molar-refractivity contribution in [2.45, 2.75) is 78.4 Å². The number of benzene rings is 1. The number of thioether (sulfide) groups is 1. The van der Waals surface area contributed by atoms with Gasteiger partial charge in [0.2, 0.25) is 0 Å². The molecular formula is C41H52N4OS. The zero-order chi connectivity index (χ0) is 33.7. The van der Waals surface area contributed by atoms with E-state index in [1.165, 1.54) is 50.1 Å². The number of carbonyl (C=O) groups is 1. The van der Waals surface area contributed by atoms with E-state index in [4.69, 9.17) is 5.10 Å². The normalized spacial score (nSPS) is 20.2. The number of allylic oxidation sites excluding steroid dienone is 10. The van der Waals surface area contributed by atoms with Gasteiger partial charge < -0.3 is 9.47 Å². The van der Waals surface area contributed by atoms with Crippen LogP contribution in [0.2, 0.25) is 0 Å². The molecule has 6 rings (SSSR count). The summed E-state index contributed by atoms with van der Waals surface area (Å²) in [6.45, 7) is 12.8. The SMILES string of the molecule is C=C(C)/C1=C(\N(C)C)CSCc2cc(n[nH]2)CCC2=CC(=C3C=CC=CC3C2)CCCCc2c(C=O)n(C)c3c1c(C)ccc23.CC. The number of nitrogens with one attached hydrogen (secondary N) is 1. The van der Waals surface area contributed by atoms with E-state index in [1.807, 2.05) is 25.6 Å². The van der Waals surface area contributed by atoms with Gasteiger partial charge in [-0.05, 0) is 92.7 Å². The summed E-state index contributed by atoms with van der Waals surface area (Å²) in [5.41, 5.74) is 15.7. The van der Waals surface area contributed by atoms with Crippen LogP contribution in [0.1, 0.15) is 91.4 Å². The molecule has 47 heavy (non-hydrogen) atoms. The lowest BCUT2D eigenvalue weighted by Crippen LogP contribution is -2.17. The number of fused-ring (bicyclic) bond motifs is 4. The molecule has 3 aromatic rings. The Hall–Kier alpha value is -3.77. The van der Waals surface area contributed by atoms with Crippen LogP contribution in [0.25, 0.3) is 16.5 Å². The number of H-pyrrole nitrogens is 1. The lowest BCUT2D eigenvalue weighted by Gasteiger charge is -2.27. The fourth-order valence-corrected chi connectivity index (χ4v) is 8.51. The van der Waals surface area contributed by atoms with E-state index in [2.05, 4.69) is 105 Å². The van der Waals surface area contributed by atoms with Gasteiger partial charge in [-0.15, -0.1) is 11.8 Å². The number of hydrogen-bond donors (Lipinski definition) is 1. The van der Waals surface area contributed by atoms with Crippen LogP contribution in [0.5, 0.6) is 0 Å². The van der Waals surface area contributed by atoms with Crippen LogP contribution in [0.3, 0.4) is 0 Å². The van der Waals surface area contributed by atoms with Crippen molar-refractivity contribution in [2.24, 2.45) is 13.0 Å². The van der Waals surface area contributed by atoms with Crippen molar-refractivity contribution < 1.29 is 4.79 Å². The van der Waals surface area contributed by atoms with Crippen molar-refractivity contribution >= 4 is 34.5 Å². The molecule has 0 saturated heterocycles. The maximum absolute atomic E-state index is 12.6. The molecule has 6 heteroatoms. The third kappa shape index (κ3) is 7.23. The Labute approximate surface area is 286 Å². The molecule has 1 N–H and O–H groups in total. The molecule has 1 aliphatic heterocycles. The molecular weight excluding hydrogens is 597 g/mol. The smallest absolute Gasteiger partial charge is 0.166 e. The highest BCUT2D eigenvalue weighted by Gasteiger charge is 2.25. The molecule has 0 radical (unpaired) electrons. The minimum atomic E-state index is 0.472. The summed E-state index contributed by atoms with van der Waals surface area (Å²) in [5.74, 6) is 2.17. The standard InChI is InChI=1S/C39H46N4OS.C2H6/c1-25(2)37-36(42(4)5)24-45-23-31-21-30(40-41-31)17-16-27-19-28-11-7-9-13-32(28)29(20-27)12-8-10-14-33-34-18-15-26(3)38(37)39(34)43(6)35(33)22-44;1-2/h7,9,11,13,15,18,20-22,28H,1,8,10,12,14,16-17,19,23-24H2,2-6H3,(H,40,41);1-2H3/b37-36+;. The van der Waals surface area contributed by atoms with E-state index in [-0.39, 0.29) is 0 Å². The minimum Gasteiger partial charge on any atom is -0.380 e. The molecule has 0 spiro atoms. The summed E-state index contributed by atoms with van der Waals surface area (Å²) in [6.07, 6.45) is 19.8. The first-order valence-corrected chi connectivity index (χ1v) is 18.4. The number of aromatic amines is 1. The number of carbonyl (C=O) groups excluding carboxylic acids is 1. The molecule has 0 saturated carbocycles. The number of aldehydes is 1. The fraction of sp³-hybridized carbons (Fsp3) is 0.415. The third-order valence-corrected chi connectivity index (χ3v) is 10.7. The molecule has 3 heterocycles. The Morgan fingerprint density at radius 1 is 1.11 bits per heavy atom. The Bertz CT molecular complexity index is 1810. The summed E-state index contributed by atoms with van der Waals surface area (Å²) >= 11 is 1.89. The van der Waals surface area contributed by atoms with Crippen molar-refractivity contribution in [1.82, 2.24) is 19.7 Å². The summed E-state index contributed by atoms with van der Waals surface area (Å²) in [4.78, 5) is 14.9. The van der Waals surface area contributed by atoms with Gasteiger partial charge in [0.05, 0.1) is 16.9 Å². The second-order valence-electron chi connectivity index (χ2n) is 13.1. The first kappa shape index (κ1) is 34.6. The van der Waals surface area contributed by atoms with Crippen molar-refractivity contribution in [3.8, 4) is 0 Å². The number of rotatable bonds is 3. The summed E-state index contributed by atoms with van der Waals surface area (Å²) in [6, 6.07) is 6.71. The van der Waals surface area contributed by atoms with Crippen molar-refractivity contribution in [1.29, 1.82) is 0 Å². The predicted molar refractivity (Wildman–Crippen MR) is 202 cm³/mol. The largest absolute Gasteiger partial charge is 0.380 e. The van der Waals surface area contributed by atoms with Gasteiger partial charge in [-0.1, -0.05) is 68.5 Å². The topological polar surface area (TPSA) is 53.9 Å². The first-order chi connectivity index (χ1) is 22.8. The zero-order valence-corrected chi connectivity index (χ0v) is 30.3. The van der Waals surface area contributed by atoms with Gasteiger partial charge in [0.15, 0.2) is 6.29 Å². The maximum Gasteiger partial charge on any atom is 0.166 e. The van der Waals surface area contributed by atoms with Crippen molar-refractivity contribution in [2.75, 3.05) is 19.8 Å². The lowest BCUT2D eigenvalue weighted by molar-refractivity contribution is 0.111. The van der Waals surface area contributed by atoms with Gasteiger partial charge in [0.25, 0.3) is 0 Å². The number of hydrogen-bond acceptors (Lipinski definition) is 4. The van der Waals surface area contributed by atoms with Crippen LogP contribution in [0.15, 0.2) is 83.1 Å². The quantitative estimate of drug-likeness (QED) is 0.287. The highest BCUT2D eigenvalue weighted by molar-refractivity contribution is 7.98. The van der Waals surface area contributed by atoms with E-state index >= 15 is 0 Å². The monoisotopic (exact) mass is 648 g/mol. The van der Waals surface area contributed by atoms with Crippen LogP contribution < -0.4 is 0 Å². The molecule has 2 aromatic heterocycles. The molecule has 3 aliphatic rings. The van der Waals surface area contributed by atoms with Gasteiger partial charge in [-0.25, -0.2) is 0 Å². The van der Waals surface area contributed by atoms with E-state index in [9.17, 15) is 4.79 Å². The second-order valence-corrected chi connectivity index (χ2v) is 14.1. The molecule has 1 atom stereocenters. The highest BCUT2D eigenvalue weighted by Crippen LogP contribution is 2.40. The lowest BCUT2D eigenvalue weighted by atomic mass is 9.78. The zero-order valence-electron chi connectivity index (χ0n) is 29.5. The number of aromatic nitrogens is 3. The van der Waals surface area contributed by atoms with Gasteiger partial charge in [-0.3, -0.25) is 9.89 Å². The second kappa shape index (κ2) is 15.4. The number of aryl methyl sites for hydroxylation is 4. The minimum absolute atomic E-state index is 0.472. The molecule has 2 aliphatic carbocycles. The van der Waals surface area contributed by atoms with Crippen LogP contribution in [0.4, 0.5) is 0 Å². The van der Waals surface area contributed by atoms with Crippen LogP contribution in [-0.4, -0.2) is 45.8 Å². The Kier molecular flexibility index (Phi) is 11.3. The molecule has 5 nitrogen and oxygen atoms in total. The average molecular weight is 649 g/mol. The van der Waals surface area contributed by atoms with Crippen LogP contribution in [-0.2, 0) is 25.6 Å². The number of nitrogens with zero attached hydrogens (tertiary/aromatic N) is 3. The van der Waals surface area contributed by atoms with Gasteiger partial charge in [0.1, 0.15) is 0 Å². The van der Waals surface area contributed by atoms with Gasteiger partial charge >= 0.3 is 0 Å². The molecule has 1 aromatic carbocycles. The summed E-state index contributed by atoms with van der Waals surface area (Å²) in [5, 5.41) is 9.19. The Morgan fingerprint density at radius 2 is 1.89 bits per heavy atom. The molecule has 0 amide bonds. The van der Waals surface area contributed by atoms with E-state index in [0.29, 0.717) is 5.92 Å².